The fraction of sp³-hybridized carbons (Fsp3) is 0.600. The summed E-state index contributed by atoms with van der Waals surface area (Å²) in [5.41, 5.74) is 0.650. The fourth-order valence-corrected chi connectivity index (χ4v) is 3.07. The second-order valence-electron chi connectivity index (χ2n) is 7.42. The van der Waals surface area contributed by atoms with Crippen molar-refractivity contribution in [2.45, 2.75) is 89.9 Å². The van der Waals surface area contributed by atoms with Crippen molar-refractivity contribution in [1.82, 2.24) is 0 Å². The molecule has 0 fully saturated rings. The first-order valence-corrected chi connectivity index (χ1v) is 11.0. The summed E-state index contributed by atoms with van der Waals surface area (Å²) < 4.78 is 5.19. The molecule has 0 aromatic heterocycles. The molecule has 0 saturated carbocycles. The summed E-state index contributed by atoms with van der Waals surface area (Å²) in [6.45, 7) is 2.10. The molecular formula is C25H36O4. The SMILES string of the molecule is CCCCCCC#CCCCCCCCC(=O)OCC(C(=O)O)c1ccccc1. The van der Waals surface area contributed by atoms with Crippen LogP contribution in [0.15, 0.2) is 30.3 Å². The van der Waals surface area contributed by atoms with Crippen LogP contribution in [0.3, 0.4) is 0 Å². The van der Waals surface area contributed by atoms with Gasteiger partial charge in [0.15, 0.2) is 0 Å². The molecule has 0 amide bonds. The number of carbonyl (C=O) groups is 2. The van der Waals surface area contributed by atoms with Crippen molar-refractivity contribution in [2.24, 2.45) is 0 Å². The highest BCUT2D eigenvalue weighted by Gasteiger charge is 2.21. The summed E-state index contributed by atoms with van der Waals surface area (Å²) in [6, 6.07) is 8.88. The molecule has 0 aliphatic rings. The molecule has 1 rings (SSSR count). The minimum absolute atomic E-state index is 0.116. The third kappa shape index (κ3) is 12.7. The van der Waals surface area contributed by atoms with Crippen LogP contribution in [-0.2, 0) is 14.3 Å². The maximum Gasteiger partial charge on any atom is 0.314 e. The van der Waals surface area contributed by atoms with Crippen LogP contribution in [0.2, 0.25) is 0 Å². The van der Waals surface area contributed by atoms with Gasteiger partial charge in [-0.3, -0.25) is 9.59 Å². The third-order valence-electron chi connectivity index (χ3n) is 4.87. The number of benzene rings is 1. The molecule has 0 spiro atoms. The maximum absolute atomic E-state index is 11.9. The van der Waals surface area contributed by atoms with Gasteiger partial charge in [-0.25, -0.2) is 0 Å². The molecule has 0 radical (unpaired) electrons. The van der Waals surface area contributed by atoms with Crippen molar-refractivity contribution in [3.8, 4) is 11.8 Å². The van der Waals surface area contributed by atoms with Crippen LogP contribution in [0.25, 0.3) is 0 Å². The zero-order valence-corrected chi connectivity index (χ0v) is 17.8. The average molecular weight is 401 g/mol. The van der Waals surface area contributed by atoms with Crippen molar-refractivity contribution in [2.75, 3.05) is 6.61 Å². The molecular weight excluding hydrogens is 364 g/mol. The Morgan fingerprint density at radius 1 is 0.897 bits per heavy atom. The standard InChI is InChI=1S/C25H36O4/c1-2-3-4-5-6-7-8-9-10-11-12-13-17-20-24(26)29-21-23(25(27)28)22-18-15-14-16-19-22/h14-16,18-19,23H,2-6,9-13,17,20-21H2,1H3,(H,27,28). The van der Waals surface area contributed by atoms with E-state index in [4.69, 9.17) is 4.74 Å². The number of rotatable bonds is 15. The van der Waals surface area contributed by atoms with Crippen molar-refractivity contribution in [3.63, 3.8) is 0 Å². The fourth-order valence-electron chi connectivity index (χ4n) is 3.07. The van der Waals surface area contributed by atoms with Gasteiger partial charge in [0.2, 0.25) is 0 Å². The van der Waals surface area contributed by atoms with E-state index < -0.39 is 11.9 Å². The molecule has 1 aromatic carbocycles. The van der Waals surface area contributed by atoms with Crippen LogP contribution in [0.4, 0.5) is 0 Å². The minimum Gasteiger partial charge on any atom is -0.481 e. The lowest BCUT2D eigenvalue weighted by atomic mass is 10.0. The smallest absolute Gasteiger partial charge is 0.314 e. The van der Waals surface area contributed by atoms with Crippen LogP contribution in [0, 0.1) is 11.8 Å². The Morgan fingerprint density at radius 3 is 2.10 bits per heavy atom. The molecule has 4 nitrogen and oxygen atoms in total. The number of hydrogen-bond acceptors (Lipinski definition) is 3. The Hall–Kier alpha value is -2.28. The molecule has 0 aliphatic carbocycles. The van der Waals surface area contributed by atoms with Crippen LogP contribution in [0.1, 0.15) is 95.5 Å². The minimum atomic E-state index is -0.979. The van der Waals surface area contributed by atoms with E-state index in [1.165, 1.54) is 25.7 Å². The number of unbranched alkanes of at least 4 members (excludes halogenated alkanes) is 9. The topological polar surface area (TPSA) is 63.6 Å². The largest absolute Gasteiger partial charge is 0.481 e. The average Bonchev–Trinajstić information content (AvgIpc) is 2.72. The summed E-state index contributed by atoms with van der Waals surface area (Å²) in [5, 5.41) is 9.34. The van der Waals surface area contributed by atoms with Gasteiger partial charge in [-0.05, 0) is 24.8 Å². The molecule has 29 heavy (non-hydrogen) atoms. The van der Waals surface area contributed by atoms with Crippen molar-refractivity contribution < 1.29 is 19.4 Å². The summed E-state index contributed by atoms with van der Waals surface area (Å²) >= 11 is 0. The van der Waals surface area contributed by atoms with E-state index in [0.29, 0.717) is 12.0 Å². The number of hydrogen-bond donors (Lipinski definition) is 1. The van der Waals surface area contributed by atoms with Crippen molar-refractivity contribution in [1.29, 1.82) is 0 Å². The monoisotopic (exact) mass is 400 g/mol. The van der Waals surface area contributed by atoms with E-state index in [2.05, 4.69) is 18.8 Å². The second-order valence-corrected chi connectivity index (χ2v) is 7.42. The molecule has 160 valence electrons. The van der Waals surface area contributed by atoms with Gasteiger partial charge in [0.25, 0.3) is 0 Å². The van der Waals surface area contributed by atoms with E-state index in [9.17, 15) is 14.7 Å². The summed E-state index contributed by atoms with van der Waals surface area (Å²) in [6.07, 6.45) is 12.5. The van der Waals surface area contributed by atoms with E-state index in [1.807, 2.05) is 6.07 Å². The predicted molar refractivity (Wildman–Crippen MR) is 117 cm³/mol. The van der Waals surface area contributed by atoms with E-state index in [1.54, 1.807) is 24.3 Å². The Morgan fingerprint density at radius 2 is 1.48 bits per heavy atom. The molecule has 1 unspecified atom stereocenters. The summed E-state index contributed by atoms with van der Waals surface area (Å²) in [5.74, 6) is 4.39. The second kappa shape index (κ2) is 16.7. The first-order valence-electron chi connectivity index (χ1n) is 11.0. The van der Waals surface area contributed by atoms with Crippen LogP contribution in [0.5, 0.6) is 0 Å². The van der Waals surface area contributed by atoms with Gasteiger partial charge in [-0.2, -0.15) is 0 Å². The lowest BCUT2D eigenvalue weighted by molar-refractivity contribution is -0.148. The number of aliphatic carboxylic acids is 1. The van der Waals surface area contributed by atoms with Gasteiger partial charge in [0.1, 0.15) is 12.5 Å². The highest BCUT2D eigenvalue weighted by atomic mass is 16.5. The number of ether oxygens (including phenoxy) is 1. The van der Waals surface area contributed by atoms with Gasteiger partial charge in [0.05, 0.1) is 0 Å². The number of carbonyl (C=O) groups excluding carboxylic acids is 1. The Labute approximate surface area is 176 Å². The van der Waals surface area contributed by atoms with E-state index >= 15 is 0 Å². The normalized spacial score (nSPS) is 11.3. The molecule has 0 bridgehead atoms. The van der Waals surface area contributed by atoms with Gasteiger partial charge in [-0.15, -0.1) is 11.8 Å². The molecule has 1 atom stereocenters. The molecule has 0 saturated heterocycles. The van der Waals surface area contributed by atoms with Gasteiger partial charge in [-0.1, -0.05) is 75.8 Å². The molecule has 1 aromatic rings. The third-order valence-corrected chi connectivity index (χ3v) is 4.87. The van der Waals surface area contributed by atoms with Gasteiger partial charge >= 0.3 is 11.9 Å². The van der Waals surface area contributed by atoms with Crippen molar-refractivity contribution >= 4 is 11.9 Å². The number of carboxylic acids is 1. The first kappa shape index (κ1) is 24.8. The Kier molecular flexibility index (Phi) is 14.2. The highest BCUT2D eigenvalue weighted by Crippen LogP contribution is 2.17. The lowest BCUT2D eigenvalue weighted by Crippen LogP contribution is -2.20. The Balaban J connectivity index is 2.04. The zero-order chi connectivity index (χ0) is 21.2. The van der Waals surface area contributed by atoms with Crippen LogP contribution >= 0.6 is 0 Å². The van der Waals surface area contributed by atoms with Crippen LogP contribution in [-0.4, -0.2) is 23.7 Å². The zero-order valence-electron chi connectivity index (χ0n) is 17.8. The molecule has 0 heterocycles. The highest BCUT2D eigenvalue weighted by molar-refractivity contribution is 5.77. The molecule has 1 N–H and O–H groups in total. The Bertz CT molecular complexity index is 627. The summed E-state index contributed by atoms with van der Waals surface area (Å²) in [4.78, 5) is 23.3. The van der Waals surface area contributed by atoms with Crippen molar-refractivity contribution in [3.05, 3.63) is 35.9 Å². The lowest BCUT2D eigenvalue weighted by Gasteiger charge is -2.13. The van der Waals surface area contributed by atoms with E-state index in [0.717, 1.165) is 44.9 Å². The van der Waals surface area contributed by atoms with Gasteiger partial charge in [0, 0.05) is 19.3 Å². The number of esters is 1. The van der Waals surface area contributed by atoms with Crippen LogP contribution < -0.4 is 0 Å². The maximum atomic E-state index is 11.9. The predicted octanol–water partition coefficient (Wildman–Crippen LogP) is 6.10. The quantitative estimate of drug-likeness (QED) is 0.219. The summed E-state index contributed by atoms with van der Waals surface area (Å²) in [7, 11) is 0. The molecule has 0 aliphatic heterocycles. The molecule has 4 heteroatoms. The van der Waals surface area contributed by atoms with E-state index in [-0.39, 0.29) is 12.6 Å². The number of carboxylic acid groups (broad SMARTS) is 1. The van der Waals surface area contributed by atoms with Gasteiger partial charge < -0.3 is 9.84 Å². The first-order chi connectivity index (χ1) is 14.1.